The van der Waals surface area contributed by atoms with Crippen LogP contribution in [0.5, 0.6) is 11.6 Å². The van der Waals surface area contributed by atoms with Crippen LogP contribution >= 0.6 is 24.0 Å². The number of unbranched alkanes of at least 4 members (excludes halogenated alkanes) is 1. The smallest absolute Gasteiger partial charge is 0.264 e. The minimum absolute atomic E-state index is 0.00868. The Labute approximate surface area is 196 Å². The van der Waals surface area contributed by atoms with Crippen LogP contribution in [0.15, 0.2) is 63.2 Å². The predicted octanol–water partition coefficient (Wildman–Crippen LogP) is 5.78. The molecule has 32 heavy (non-hydrogen) atoms. The third-order valence-corrected chi connectivity index (χ3v) is 7.10. The number of ether oxygens (including phenoxy) is 1. The van der Waals surface area contributed by atoms with Gasteiger partial charge in [-0.25, -0.2) is 0 Å². The fourth-order valence-electron chi connectivity index (χ4n) is 3.72. The third kappa shape index (κ3) is 4.52. The van der Waals surface area contributed by atoms with Crippen LogP contribution in [-0.4, -0.2) is 27.5 Å². The molecule has 2 heterocycles. The fraction of sp³-hybridized carbons (Fsp3) is 0.292. The monoisotopic (exact) mass is 467 g/mol. The Morgan fingerprint density at radius 3 is 2.72 bits per heavy atom. The highest BCUT2D eigenvalue weighted by Crippen LogP contribution is 2.45. The van der Waals surface area contributed by atoms with E-state index in [0.29, 0.717) is 18.7 Å². The lowest BCUT2D eigenvalue weighted by Gasteiger charge is -2.18. The van der Waals surface area contributed by atoms with Crippen molar-refractivity contribution in [3.8, 4) is 11.6 Å². The molecule has 2 N–H and O–H groups in total. The first-order valence-corrected chi connectivity index (χ1v) is 11.8. The Bertz CT molecular complexity index is 1260. The Morgan fingerprint density at radius 1 is 1.25 bits per heavy atom. The van der Waals surface area contributed by atoms with Gasteiger partial charge in [0, 0.05) is 23.1 Å². The number of methoxy groups -OCH3 is 1. The second-order valence-electron chi connectivity index (χ2n) is 7.57. The number of nitrogens with one attached hydrogen (secondary N) is 1. The number of H-pyrrole nitrogens is 1. The van der Waals surface area contributed by atoms with Crippen molar-refractivity contribution < 1.29 is 9.84 Å². The molecule has 8 heteroatoms. The van der Waals surface area contributed by atoms with Crippen molar-refractivity contribution in [2.75, 3.05) is 7.11 Å². The average molecular weight is 468 g/mol. The standard InChI is InChI=1S/C24H25N3O3S2/c1-3-4-13-27-23(29)21(22(28)26-24(27)31)18-14-20(15-9-11-16(30-2)12-10-15)32-19-8-6-5-7-17(19)25-18/h5-12,20,29H,3-4,13-14H2,1-2H3,(H,26,28,31). The van der Waals surface area contributed by atoms with Gasteiger partial charge in [0.05, 0.1) is 18.5 Å². The van der Waals surface area contributed by atoms with Gasteiger partial charge in [-0.05, 0) is 48.5 Å². The van der Waals surface area contributed by atoms with E-state index in [4.69, 9.17) is 21.9 Å². The fourth-order valence-corrected chi connectivity index (χ4v) is 5.22. The zero-order chi connectivity index (χ0) is 22.7. The summed E-state index contributed by atoms with van der Waals surface area (Å²) in [5, 5.41) is 11.1. The lowest BCUT2D eigenvalue weighted by Crippen LogP contribution is -2.24. The Hall–Kier alpha value is -2.84. The van der Waals surface area contributed by atoms with Gasteiger partial charge in [-0.15, -0.1) is 11.8 Å². The van der Waals surface area contributed by atoms with Crippen molar-refractivity contribution >= 4 is 35.4 Å². The van der Waals surface area contributed by atoms with E-state index in [-0.39, 0.29) is 21.5 Å². The molecule has 1 aromatic heterocycles. The summed E-state index contributed by atoms with van der Waals surface area (Å²) >= 11 is 7.01. The maximum atomic E-state index is 12.9. The van der Waals surface area contributed by atoms with E-state index in [1.807, 2.05) is 48.5 Å². The first-order chi connectivity index (χ1) is 15.5. The minimum Gasteiger partial charge on any atom is -0.497 e. The van der Waals surface area contributed by atoms with Gasteiger partial charge in [0.1, 0.15) is 11.3 Å². The summed E-state index contributed by atoms with van der Waals surface area (Å²) in [5.41, 5.74) is 2.18. The molecule has 1 atom stereocenters. The third-order valence-electron chi connectivity index (χ3n) is 5.45. The summed E-state index contributed by atoms with van der Waals surface area (Å²) in [6.07, 6.45) is 2.26. The molecule has 0 bridgehead atoms. The number of rotatable bonds is 6. The number of hydrogen-bond donors (Lipinski definition) is 2. The number of aromatic hydroxyl groups is 1. The quantitative estimate of drug-likeness (QED) is 0.449. The molecule has 0 amide bonds. The second-order valence-corrected chi connectivity index (χ2v) is 9.20. The largest absolute Gasteiger partial charge is 0.497 e. The van der Waals surface area contributed by atoms with Gasteiger partial charge in [-0.1, -0.05) is 37.6 Å². The van der Waals surface area contributed by atoms with E-state index in [0.717, 1.165) is 34.7 Å². The van der Waals surface area contributed by atoms with E-state index in [1.165, 1.54) is 0 Å². The Morgan fingerprint density at radius 2 is 2.00 bits per heavy atom. The number of aliphatic imine (C=N–C) groups is 1. The lowest BCUT2D eigenvalue weighted by molar-refractivity contribution is 0.398. The zero-order valence-corrected chi connectivity index (χ0v) is 19.6. The van der Waals surface area contributed by atoms with Crippen molar-refractivity contribution in [3.63, 3.8) is 0 Å². The molecule has 0 fully saturated rings. The van der Waals surface area contributed by atoms with Crippen molar-refractivity contribution in [2.24, 2.45) is 4.99 Å². The number of fused-ring (bicyclic) bond motifs is 1. The summed E-state index contributed by atoms with van der Waals surface area (Å²) < 4.78 is 7.10. The molecule has 166 valence electrons. The molecule has 0 saturated carbocycles. The second kappa shape index (κ2) is 9.75. The molecule has 0 radical (unpaired) electrons. The summed E-state index contributed by atoms with van der Waals surface area (Å²) in [6.45, 7) is 2.60. The molecule has 0 aliphatic carbocycles. The molecular formula is C24H25N3O3S2. The van der Waals surface area contributed by atoms with Crippen LogP contribution in [0.1, 0.15) is 42.6 Å². The van der Waals surface area contributed by atoms with Crippen molar-refractivity contribution in [1.29, 1.82) is 0 Å². The van der Waals surface area contributed by atoms with Crippen molar-refractivity contribution in [3.05, 3.63) is 74.8 Å². The summed E-state index contributed by atoms with van der Waals surface area (Å²) in [6, 6.07) is 15.8. The van der Waals surface area contributed by atoms with E-state index in [2.05, 4.69) is 11.9 Å². The molecule has 1 aliphatic heterocycles. The highest BCUT2D eigenvalue weighted by molar-refractivity contribution is 7.99. The van der Waals surface area contributed by atoms with E-state index >= 15 is 0 Å². The summed E-state index contributed by atoms with van der Waals surface area (Å²) in [4.78, 5) is 21.5. The van der Waals surface area contributed by atoms with Gasteiger partial charge >= 0.3 is 0 Å². The lowest BCUT2D eigenvalue weighted by atomic mass is 10.0. The SMILES string of the molecule is CCCCn1c(O)c(C2=Nc3ccccc3SC(c3ccc(OC)cc3)C2)c(=O)[nH]c1=S. The van der Waals surface area contributed by atoms with Gasteiger partial charge in [-0.3, -0.25) is 19.3 Å². The van der Waals surface area contributed by atoms with Crippen LogP contribution < -0.4 is 10.3 Å². The molecule has 0 saturated heterocycles. The van der Waals surface area contributed by atoms with Gasteiger partial charge in [0.2, 0.25) is 5.88 Å². The topological polar surface area (TPSA) is 79.6 Å². The predicted molar refractivity (Wildman–Crippen MR) is 131 cm³/mol. The van der Waals surface area contributed by atoms with Crippen LogP contribution in [0.25, 0.3) is 0 Å². The number of thioether (sulfide) groups is 1. The maximum absolute atomic E-state index is 12.9. The highest BCUT2D eigenvalue weighted by Gasteiger charge is 2.26. The molecular weight excluding hydrogens is 442 g/mol. The van der Waals surface area contributed by atoms with Crippen LogP contribution in [0.3, 0.4) is 0 Å². The van der Waals surface area contributed by atoms with Gasteiger partial charge in [0.15, 0.2) is 4.77 Å². The minimum atomic E-state index is -0.420. The number of benzene rings is 2. The van der Waals surface area contributed by atoms with E-state index < -0.39 is 5.56 Å². The molecule has 2 aromatic carbocycles. The number of aromatic nitrogens is 2. The number of para-hydroxylation sites is 1. The molecule has 3 aromatic rings. The van der Waals surface area contributed by atoms with Crippen LogP contribution in [-0.2, 0) is 6.54 Å². The maximum Gasteiger partial charge on any atom is 0.264 e. The molecule has 4 rings (SSSR count). The molecule has 1 aliphatic rings. The van der Waals surface area contributed by atoms with E-state index in [9.17, 15) is 9.90 Å². The van der Waals surface area contributed by atoms with Crippen LogP contribution in [0.4, 0.5) is 5.69 Å². The van der Waals surface area contributed by atoms with Crippen LogP contribution in [0, 0.1) is 4.77 Å². The normalized spacial score (nSPS) is 15.6. The average Bonchev–Trinajstić information content (AvgIpc) is 2.98. The molecule has 6 nitrogen and oxygen atoms in total. The Kier molecular flexibility index (Phi) is 6.81. The van der Waals surface area contributed by atoms with Crippen molar-refractivity contribution in [1.82, 2.24) is 9.55 Å². The first kappa shape index (κ1) is 22.4. The number of hydrogen-bond acceptors (Lipinski definition) is 6. The Balaban J connectivity index is 1.84. The summed E-state index contributed by atoms with van der Waals surface area (Å²) in [5.74, 6) is 0.664. The van der Waals surface area contributed by atoms with Gasteiger partial charge < -0.3 is 9.84 Å². The molecule has 0 spiro atoms. The molecule has 1 unspecified atom stereocenters. The van der Waals surface area contributed by atoms with Crippen molar-refractivity contribution in [2.45, 2.75) is 42.9 Å². The zero-order valence-electron chi connectivity index (χ0n) is 18.0. The first-order valence-electron chi connectivity index (χ1n) is 10.6. The highest BCUT2D eigenvalue weighted by atomic mass is 32.2. The number of aromatic amines is 1. The van der Waals surface area contributed by atoms with Gasteiger partial charge in [-0.2, -0.15) is 0 Å². The van der Waals surface area contributed by atoms with E-state index in [1.54, 1.807) is 23.4 Å². The van der Waals surface area contributed by atoms with Gasteiger partial charge in [0.25, 0.3) is 5.56 Å². The number of nitrogens with zero attached hydrogens (tertiary/aromatic N) is 2. The summed E-state index contributed by atoms with van der Waals surface area (Å²) in [7, 11) is 1.64. The van der Waals surface area contributed by atoms with Crippen LogP contribution in [0.2, 0.25) is 0 Å².